The van der Waals surface area contributed by atoms with Crippen LogP contribution in [0, 0.1) is 13.8 Å². The molecule has 1 aromatic carbocycles. The molecule has 0 bridgehead atoms. The zero-order chi connectivity index (χ0) is 14.0. The zero-order valence-electron chi connectivity index (χ0n) is 11.3. The highest BCUT2D eigenvalue weighted by Crippen LogP contribution is 2.28. The highest BCUT2D eigenvalue weighted by Gasteiger charge is 2.19. The van der Waals surface area contributed by atoms with Crippen molar-refractivity contribution in [3.8, 4) is 5.75 Å². The summed E-state index contributed by atoms with van der Waals surface area (Å²) in [7, 11) is 1.56. The number of aryl methyl sites for hydroxylation is 1. The maximum Gasteiger partial charge on any atom is 0.231 e. The summed E-state index contributed by atoms with van der Waals surface area (Å²) in [6.07, 6.45) is 0. The molecule has 100 valence electrons. The standard InChI is InChI=1S/C15H17NO3/c1-9-4-6-12(15(18-3)10(9)2)14(17)13-7-5-11(8-16)19-13/h4-7H,8,16H2,1-3H3. The van der Waals surface area contributed by atoms with Crippen LogP contribution in [0.4, 0.5) is 0 Å². The first-order valence-corrected chi connectivity index (χ1v) is 6.06. The van der Waals surface area contributed by atoms with Gasteiger partial charge in [-0.25, -0.2) is 0 Å². The van der Waals surface area contributed by atoms with Crippen molar-refractivity contribution >= 4 is 5.78 Å². The molecule has 2 aromatic rings. The molecule has 0 aliphatic heterocycles. The Morgan fingerprint density at radius 1 is 1.26 bits per heavy atom. The number of ether oxygens (including phenoxy) is 1. The molecule has 0 aliphatic rings. The number of hydrogen-bond acceptors (Lipinski definition) is 4. The number of carbonyl (C=O) groups excluding carboxylic acids is 1. The van der Waals surface area contributed by atoms with Crippen LogP contribution in [0.1, 0.15) is 33.0 Å². The molecule has 0 unspecified atom stereocenters. The first-order valence-electron chi connectivity index (χ1n) is 6.06. The van der Waals surface area contributed by atoms with Gasteiger partial charge in [0, 0.05) is 0 Å². The molecule has 0 saturated heterocycles. The predicted octanol–water partition coefficient (Wildman–Crippen LogP) is 2.59. The Kier molecular flexibility index (Phi) is 3.71. The second kappa shape index (κ2) is 5.28. The lowest BCUT2D eigenvalue weighted by molar-refractivity contribution is 0.100. The summed E-state index contributed by atoms with van der Waals surface area (Å²) in [5.41, 5.74) is 8.01. The fourth-order valence-corrected chi connectivity index (χ4v) is 1.97. The maximum absolute atomic E-state index is 12.4. The van der Waals surface area contributed by atoms with Crippen LogP contribution in [-0.4, -0.2) is 12.9 Å². The summed E-state index contributed by atoms with van der Waals surface area (Å²) >= 11 is 0. The quantitative estimate of drug-likeness (QED) is 0.857. The van der Waals surface area contributed by atoms with Crippen molar-refractivity contribution < 1.29 is 13.9 Å². The minimum atomic E-state index is -0.195. The highest BCUT2D eigenvalue weighted by molar-refractivity contribution is 6.09. The van der Waals surface area contributed by atoms with Crippen molar-refractivity contribution in [2.45, 2.75) is 20.4 Å². The van der Waals surface area contributed by atoms with Gasteiger partial charge in [0.15, 0.2) is 5.76 Å². The Morgan fingerprint density at radius 3 is 2.58 bits per heavy atom. The van der Waals surface area contributed by atoms with Gasteiger partial charge in [0.1, 0.15) is 11.5 Å². The van der Waals surface area contributed by atoms with Gasteiger partial charge in [0.2, 0.25) is 5.78 Å². The molecule has 19 heavy (non-hydrogen) atoms. The molecule has 4 nitrogen and oxygen atoms in total. The number of nitrogens with two attached hydrogens (primary N) is 1. The summed E-state index contributed by atoms with van der Waals surface area (Å²) < 4.78 is 10.7. The van der Waals surface area contributed by atoms with E-state index in [0.717, 1.165) is 11.1 Å². The Hall–Kier alpha value is -2.07. The van der Waals surface area contributed by atoms with Gasteiger partial charge < -0.3 is 14.9 Å². The Labute approximate surface area is 112 Å². The van der Waals surface area contributed by atoms with Gasteiger partial charge in [-0.05, 0) is 43.2 Å². The van der Waals surface area contributed by atoms with E-state index < -0.39 is 0 Å². The van der Waals surface area contributed by atoms with Crippen molar-refractivity contribution in [1.82, 2.24) is 0 Å². The van der Waals surface area contributed by atoms with Crippen molar-refractivity contribution in [2.24, 2.45) is 5.73 Å². The van der Waals surface area contributed by atoms with E-state index in [1.807, 2.05) is 19.9 Å². The number of ketones is 1. The molecule has 2 N–H and O–H groups in total. The van der Waals surface area contributed by atoms with Crippen LogP contribution < -0.4 is 10.5 Å². The first kappa shape index (κ1) is 13.4. The van der Waals surface area contributed by atoms with Crippen LogP contribution in [0.3, 0.4) is 0 Å². The Bertz CT molecular complexity index is 614. The van der Waals surface area contributed by atoms with Crippen LogP contribution in [0.2, 0.25) is 0 Å². The van der Waals surface area contributed by atoms with E-state index in [9.17, 15) is 4.79 Å². The molecule has 0 amide bonds. The number of rotatable bonds is 4. The third kappa shape index (κ3) is 2.39. The number of benzene rings is 1. The largest absolute Gasteiger partial charge is 0.496 e. The lowest BCUT2D eigenvalue weighted by atomic mass is 10.0. The molecule has 0 atom stereocenters. The fourth-order valence-electron chi connectivity index (χ4n) is 1.97. The van der Waals surface area contributed by atoms with Gasteiger partial charge in [-0.2, -0.15) is 0 Å². The van der Waals surface area contributed by atoms with Gasteiger partial charge in [-0.3, -0.25) is 4.79 Å². The van der Waals surface area contributed by atoms with Gasteiger partial charge in [0.05, 0.1) is 19.2 Å². The normalized spacial score (nSPS) is 10.5. The van der Waals surface area contributed by atoms with E-state index in [2.05, 4.69) is 0 Å². The number of methoxy groups -OCH3 is 1. The van der Waals surface area contributed by atoms with Crippen LogP contribution in [0.25, 0.3) is 0 Å². The van der Waals surface area contributed by atoms with Gasteiger partial charge >= 0.3 is 0 Å². The smallest absolute Gasteiger partial charge is 0.231 e. The van der Waals surface area contributed by atoms with E-state index in [0.29, 0.717) is 17.1 Å². The SMILES string of the molecule is COc1c(C(=O)c2ccc(CN)o2)ccc(C)c1C. The number of hydrogen-bond donors (Lipinski definition) is 1. The van der Waals surface area contributed by atoms with Crippen LogP contribution in [0.5, 0.6) is 5.75 Å². The van der Waals surface area contributed by atoms with Gasteiger partial charge in [0.25, 0.3) is 0 Å². The Morgan fingerprint density at radius 2 is 2.00 bits per heavy atom. The molecule has 0 fully saturated rings. The third-order valence-corrected chi connectivity index (χ3v) is 3.21. The predicted molar refractivity (Wildman–Crippen MR) is 72.5 cm³/mol. The second-order valence-electron chi connectivity index (χ2n) is 4.39. The third-order valence-electron chi connectivity index (χ3n) is 3.21. The van der Waals surface area contributed by atoms with Crippen LogP contribution in [-0.2, 0) is 6.54 Å². The average Bonchev–Trinajstić information content (AvgIpc) is 2.89. The van der Waals surface area contributed by atoms with Crippen molar-refractivity contribution in [3.63, 3.8) is 0 Å². The summed E-state index contributed by atoms with van der Waals surface area (Å²) in [6.45, 7) is 4.18. The molecule has 1 heterocycles. The van der Waals surface area contributed by atoms with E-state index >= 15 is 0 Å². The molecule has 2 rings (SSSR count). The fraction of sp³-hybridized carbons (Fsp3) is 0.267. The molecule has 4 heteroatoms. The summed E-state index contributed by atoms with van der Waals surface area (Å²) in [4.78, 5) is 12.4. The van der Waals surface area contributed by atoms with E-state index in [1.54, 1.807) is 25.3 Å². The van der Waals surface area contributed by atoms with Crippen molar-refractivity contribution in [1.29, 1.82) is 0 Å². The number of furan rings is 1. The molecule has 0 saturated carbocycles. The van der Waals surface area contributed by atoms with E-state index in [-0.39, 0.29) is 18.1 Å². The lowest BCUT2D eigenvalue weighted by Gasteiger charge is -2.11. The number of carbonyl (C=O) groups is 1. The average molecular weight is 259 g/mol. The molecular weight excluding hydrogens is 242 g/mol. The zero-order valence-corrected chi connectivity index (χ0v) is 11.3. The Balaban J connectivity index is 2.46. The molecule has 0 aliphatic carbocycles. The maximum atomic E-state index is 12.4. The van der Waals surface area contributed by atoms with Crippen LogP contribution >= 0.6 is 0 Å². The lowest BCUT2D eigenvalue weighted by Crippen LogP contribution is -2.05. The molecule has 0 radical (unpaired) electrons. The molecular formula is C15H17NO3. The summed E-state index contributed by atoms with van der Waals surface area (Å²) in [5.74, 6) is 1.27. The van der Waals surface area contributed by atoms with Gasteiger partial charge in [-0.15, -0.1) is 0 Å². The van der Waals surface area contributed by atoms with Crippen molar-refractivity contribution in [2.75, 3.05) is 7.11 Å². The summed E-state index contributed by atoms with van der Waals surface area (Å²) in [6, 6.07) is 7.01. The van der Waals surface area contributed by atoms with Crippen LogP contribution in [0.15, 0.2) is 28.7 Å². The summed E-state index contributed by atoms with van der Waals surface area (Å²) in [5, 5.41) is 0. The topological polar surface area (TPSA) is 65.5 Å². The minimum Gasteiger partial charge on any atom is -0.496 e. The molecule has 1 aromatic heterocycles. The first-order chi connectivity index (χ1) is 9.08. The van der Waals surface area contributed by atoms with Crippen molar-refractivity contribution in [3.05, 3.63) is 52.5 Å². The van der Waals surface area contributed by atoms with E-state index in [1.165, 1.54) is 0 Å². The minimum absolute atomic E-state index is 0.195. The highest BCUT2D eigenvalue weighted by atomic mass is 16.5. The van der Waals surface area contributed by atoms with E-state index in [4.69, 9.17) is 14.9 Å². The second-order valence-corrected chi connectivity index (χ2v) is 4.39. The van der Waals surface area contributed by atoms with Gasteiger partial charge in [-0.1, -0.05) is 6.07 Å². The monoisotopic (exact) mass is 259 g/mol. The molecule has 0 spiro atoms.